The predicted molar refractivity (Wildman–Crippen MR) is 87.4 cm³/mol. The highest BCUT2D eigenvalue weighted by molar-refractivity contribution is 5.82. The van der Waals surface area contributed by atoms with Crippen molar-refractivity contribution in [2.45, 2.75) is 76.5 Å². The van der Waals surface area contributed by atoms with E-state index in [0.29, 0.717) is 6.42 Å². The summed E-state index contributed by atoms with van der Waals surface area (Å²) in [5.74, 6) is 2.74. The quantitative estimate of drug-likeness (QED) is 0.790. The zero-order valence-electron chi connectivity index (χ0n) is 14.3. The summed E-state index contributed by atoms with van der Waals surface area (Å²) in [4.78, 5) is 14.8. The van der Waals surface area contributed by atoms with Gasteiger partial charge in [0.05, 0.1) is 12.1 Å². The predicted octanol–water partition coefficient (Wildman–Crippen LogP) is 2.16. The van der Waals surface area contributed by atoms with Crippen molar-refractivity contribution in [1.82, 2.24) is 10.2 Å². The molecule has 4 saturated carbocycles. The van der Waals surface area contributed by atoms with Gasteiger partial charge in [-0.25, -0.2) is 0 Å². The van der Waals surface area contributed by atoms with E-state index in [1.807, 2.05) is 14.0 Å². The average Bonchev–Trinajstić information content (AvgIpc) is 2.41. The standard InChI is InChI=1S/C18H32N2O2/c1-12(21)4-5-20(3)13(2)17(22)19-18-9-14-6-15(10-18)8-16(7-14)11-18/h12-16,21H,4-11H2,1-3H3,(H,19,22). The molecule has 4 heteroatoms. The monoisotopic (exact) mass is 308 g/mol. The van der Waals surface area contributed by atoms with E-state index < -0.39 is 0 Å². The van der Waals surface area contributed by atoms with Crippen molar-refractivity contribution >= 4 is 5.91 Å². The van der Waals surface area contributed by atoms with E-state index in [2.05, 4.69) is 10.2 Å². The minimum absolute atomic E-state index is 0.102. The number of aliphatic hydroxyl groups excluding tert-OH is 1. The first kappa shape index (κ1) is 16.3. The summed E-state index contributed by atoms with van der Waals surface area (Å²) in [6, 6.07) is -0.119. The number of nitrogens with one attached hydrogen (secondary N) is 1. The van der Waals surface area contributed by atoms with E-state index in [-0.39, 0.29) is 23.6 Å². The Bertz CT molecular complexity index is 386. The molecule has 2 unspecified atom stereocenters. The molecule has 0 aliphatic heterocycles. The maximum Gasteiger partial charge on any atom is 0.237 e. The van der Waals surface area contributed by atoms with Gasteiger partial charge in [-0.2, -0.15) is 0 Å². The number of carbonyl (C=O) groups is 1. The fraction of sp³-hybridized carbons (Fsp3) is 0.944. The van der Waals surface area contributed by atoms with E-state index in [1.165, 1.54) is 38.5 Å². The zero-order chi connectivity index (χ0) is 15.9. The van der Waals surface area contributed by atoms with Crippen molar-refractivity contribution in [3.8, 4) is 0 Å². The van der Waals surface area contributed by atoms with Gasteiger partial charge >= 0.3 is 0 Å². The largest absolute Gasteiger partial charge is 0.393 e. The summed E-state index contributed by atoms with van der Waals surface area (Å²) in [6.45, 7) is 4.54. The number of carbonyl (C=O) groups excluding carboxylic acids is 1. The van der Waals surface area contributed by atoms with Gasteiger partial charge in [0.2, 0.25) is 5.91 Å². The Balaban J connectivity index is 1.57. The third-order valence-corrected chi connectivity index (χ3v) is 6.37. The van der Waals surface area contributed by atoms with Crippen LogP contribution in [0.3, 0.4) is 0 Å². The lowest BCUT2D eigenvalue weighted by Gasteiger charge is -2.57. The molecule has 4 aliphatic rings. The molecule has 4 fully saturated rings. The summed E-state index contributed by atoms with van der Waals surface area (Å²) >= 11 is 0. The van der Waals surface area contributed by atoms with Crippen molar-refractivity contribution < 1.29 is 9.90 Å². The van der Waals surface area contributed by atoms with Crippen LogP contribution in [0.1, 0.15) is 58.8 Å². The highest BCUT2D eigenvalue weighted by atomic mass is 16.3. The van der Waals surface area contributed by atoms with Crippen molar-refractivity contribution in [2.24, 2.45) is 17.8 Å². The highest BCUT2D eigenvalue weighted by Crippen LogP contribution is 2.55. The summed E-state index contributed by atoms with van der Waals surface area (Å²) < 4.78 is 0. The Hall–Kier alpha value is -0.610. The molecule has 4 bridgehead atoms. The van der Waals surface area contributed by atoms with Crippen LogP contribution in [0.5, 0.6) is 0 Å². The van der Waals surface area contributed by atoms with E-state index >= 15 is 0 Å². The number of likely N-dealkylation sites (N-methyl/N-ethyl adjacent to an activating group) is 1. The summed E-state index contributed by atoms with van der Waals surface area (Å²) in [5, 5.41) is 12.9. The van der Waals surface area contributed by atoms with Gasteiger partial charge in [-0.05, 0) is 83.6 Å². The zero-order valence-corrected chi connectivity index (χ0v) is 14.3. The molecule has 0 aromatic rings. The second-order valence-electron chi connectivity index (χ2n) is 8.48. The first-order chi connectivity index (χ1) is 10.4. The third-order valence-electron chi connectivity index (χ3n) is 6.37. The van der Waals surface area contributed by atoms with Crippen LogP contribution < -0.4 is 5.32 Å². The second kappa shape index (κ2) is 6.12. The van der Waals surface area contributed by atoms with Crippen LogP contribution in [0.15, 0.2) is 0 Å². The van der Waals surface area contributed by atoms with Crippen LogP contribution in [-0.2, 0) is 4.79 Å². The topological polar surface area (TPSA) is 52.6 Å². The molecule has 0 spiro atoms. The molecule has 4 aliphatic carbocycles. The number of aliphatic hydroxyl groups is 1. The lowest BCUT2D eigenvalue weighted by atomic mass is 9.53. The fourth-order valence-corrected chi connectivity index (χ4v) is 5.41. The van der Waals surface area contributed by atoms with Gasteiger partial charge in [0.15, 0.2) is 0 Å². The van der Waals surface area contributed by atoms with Crippen LogP contribution >= 0.6 is 0 Å². The van der Waals surface area contributed by atoms with Gasteiger partial charge in [0.25, 0.3) is 0 Å². The molecule has 126 valence electrons. The van der Waals surface area contributed by atoms with Gasteiger partial charge < -0.3 is 10.4 Å². The van der Waals surface area contributed by atoms with Gasteiger partial charge in [-0.1, -0.05) is 0 Å². The number of rotatable bonds is 6. The van der Waals surface area contributed by atoms with Crippen molar-refractivity contribution in [1.29, 1.82) is 0 Å². The van der Waals surface area contributed by atoms with Crippen LogP contribution in [0.2, 0.25) is 0 Å². The van der Waals surface area contributed by atoms with Crippen LogP contribution in [0.4, 0.5) is 0 Å². The summed E-state index contributed by atoms with van der Waals surface area (Å²) in [5.41, 5.74) is 0.102. The Kier molecular flexibility index (Phi) is 4.52. The SMILES string of the molecule is CC(O)CCN(C)C(C)C(=O)NC12CC3CC(CC(C3)C1)C2. The molecule has 0 aromatic carbocycles. The number of amides is 1. The fourth-order valence-electron chi connectivity index (χ4n) is 5.41. The Labute approximate surface area is 134 Å². The Morgan fingerprint density at radius 1 is 1.18 bits per heavy atom. The molecule has 2 atom stereocenters. The maximum atomic E-state index is 12.7. The molecule has 0 aromatic heterocycles. The van der Waals surface area contributed by atoms with Gasteiger partial charge in [0, 0.05) is 12.1 Å². The third kappa shape index (κ3) is 3.33. The van der Waals surface area contributed by atoms with E-state index in [0.717, 1.165) is 24.3 Å². The number of hydrogen-bond acceptors (Lipinski definition) is 3. The Morgan fingerprint density at radius 3 is 2.14 bits per heavy atom. The molecule has 1 amide bonds. The van der Waals surface area contributed by atoms with Crippen LogP contribution in [0, 0.1) is 17.8 Å². The summed E-state index contributed by atoms with van der Waals surface area (Å²) in [7, 11) is 1.98. The van der Waals surface area contributed by atoms with E-state index in [9.17, 15) is 9.90 Å². The smallest absolute Gasteiger partial charge is 0.237 e. The molecular formula is C18H32N2O2. The normalized spacial score (nSPS) is 39.0. The molecular weight excluding hydrogens is 276 g/mol. The first-order valence-corrected chi connectivity index (χ1v) is 9.07. The van der Waals surface area contributed by atoms with Crippen molar-refractivity contribution in [3.05, 3.63) is 0 Å². The van der Waals surface area contributed by atoms with Crippen molar-refractivity contribution in [3.63, 3.8) is 0 Å². The Morgan fingerprint density at radius 2 is 1.68 bits per heavy atom. The lowest BCUT2D eigenvalue weighted by molar-refractivity contribution is -0.131. The minimum Gasteiger partial charge on any atom is -0.393 e. The molecule has 2 N–H and O–H groups in total. The van der Waals surface area contributed by atoms with Gasteiger partial charge in [-0.15, -0.1) is 0 Å². The van der Waals surface area contributed by atoms with E-state index in [4.69, 9.17) is 0 Å². The van der Waals surface area contributed by atoms with Crippen LogP contribution in [-0.4, -0.2) is 47.2 Å². The van der Waals surface area contributed by atoms with Gasteiger partial charge in [-0.3, -0.25) is 9.69 Å². The van der Waals surface area contributed by atoms with Crippen molar-refractivity contribution in [2.75, 3.05) is 13.6 Å². The summed E-state index contributed by atoms with van der Waals surface area (Å²) in [6.07, 6.45) is 8.22. The first-order valence-electron chi connectivity index (χ1n) is 9.07. The molecule has 0 radical (unpaired) electrons. The van der Waals surface area contributed by atoms with Crippen LogP contribution in [0.25, 0.3) is 0 Å². The highest BCUT2D eigenvalue weighted by Gasteiger charge is 2.51. The molecule has 4 nitrogen and oxygen atoms in total. The maximum absolute atomic E-state index is 12.7. The van der Waals surface area contributed by atoms with Gasteiger partial charge in [0.1, 0.15) is 0 Å². The average molecular weight is 308 g/mol. The second-order valence-corrected chi connectivity index (χ2v) is 8.48. The molecule has 0 heterocycles. The molecule has 0 saturated heterocycles. The molecule has 4 rings (SSSR count). The molecule has 22 heavy (non-hydrogen) atoms. The number of hydrogen-bond donors (Lipinski definition) is 2. The lowest BCUT2D eigenvalue weighted by Crippen LogP contribution is -2.62. The van der Waals surface area contributed by atoms with E-state index in [1.54, 1.807) is 6.92 Å². The minimum atomic E-state index is -0.305. The number of nitrogens with zero attached hydrogens (tertiary/aromatic N) is 1.